The third-order valence-corrected chi connectivity index (χ3v) is 4.55. The monoisotopic (exact) mass is 439 g/mol. The van der Waals surface area contributed by atoms with E-state index in [1.807, 2.05) is 31.2 Å². The summed E-state index contributed by atoms with van der Waals surface area (Å²) in [5, 5.41) is 3.81. The van der Waals surface area contributed by atoms with E-state index in [4.69, 9.17) is 10.5 Å². The predicted octanol–water partition coefficient (Wildman–Crippen LogP) is 5.35. The molecule has 0 amide bonds. The number of benzene rings is 2. The number of aromatic nitrogens is 3. The number of halogens is 2. The van der Waals surface area contributed by atoms with Gasteiger partial charge in [-0.15, -0.1) is 0 Å². The van der Waals surface area contributed by atoms with Crippen molar-refractivity contribution in [3.63, 3.8) is 0 Å². The SMILES string of the molecule is Cc1ccc2cccc(Oc3ncnc(Nc4ccc(Br)cc4F)c3N)c2n1. The minimum absolute atomic E-state index is 0.158. The number of hydrogen-bond acceptors (Lipinski definition) is 6. The number of nitrogens with two attached hydrogens (primary N) is 1. The zero-order valence-corrected chi connectivity index (χ0v) is 16.4. The maximum absolute atomic E-state index is 14.1. The fourth-order valence-corrected chi connectivity index (χ4v) is 3.02. The first-order valence-corrected chi connectivity index (χ1v) is 9.17. The second-order valence-corrected chi connectivity index (χ2v) is 6.99. The fourth-order valence-electron chi connectivity index (χ4n) is 2.68. The fraction of sp³-hybridized carbons (Fsp3) is 0.0500. The number of pyridine rings is 1. The average molecular weight is 440 g/mol. The Morgan fingerprint density at radius 1 is 1.11 bits per heavy atom. The van der Waals surface area contributed by atoms with Gasteiger partial charge in [0.05, 0.1) is 5.69 Å². The molecule has 0 spiro atoms. The molecule has 0 saturated carbocycles. The highest BCUT2D eigenvalue weighted by Gasteiger charge is 2.14. The molecule has 0 radical (unpaired) electrons. The second-order valence-electron chi connectivity index (χ2n) is 6.07. The summed E-state index contributed by atoms with van der Waals surface area (Å²) in [6.45, 7) is 1.91. The van der Waals surface area contributed by atoms with Gasteiger partial charge in [0.25, 0.3) is 0 Å². The van der Waals surface area contributed by atoms with E-state index in [9.17, 15) is 4.39 Å². The highest BCUT2D eigenvalue weighted by atomic mass is 79.9. The lowest BCUT2D eigenvalue weighted by molar-refractivity contribution is 0.468. The molecule has 2 heterocycles. The van der Waals surface area contributed by atoms with Gasteiger partial charge in [0.15, 0.2) is 11.6 Å². The number of fused-ring (bicyclic) bond motifs is 1. The van der Waals surface area contributed by atoms with Crippen LogP contribution < -0.4 is 15.8 Å². The summed E-state index contributed by atoms with van der Waals surface area (Å²) >= 11 is 3.23. The molecule has 0 atom stereocenters. The number of ether oxygens (including phenoxy) is 1. The molecule has 4 rings (SSSR count). The number of anilines is 3. The van der Waals surface area contributed by atoms with E-state index in [-0.39, 0.29) is 23.1 Å². The molecule has 8 heteroatoms. The summed E-state index contributed by atoms with van der Waals surface area (Å²) in [6.07, 6.45) is 1.30. The van der Waals surface area contributed by atoms with Crippen LogP contribution in [0.15, 0.2) is 59.3 Å². The molecule has 2 aromatic heterocycles. The lowest BCUT2D eigenvalue weighted by Crippen LogP contribution is -2.04. The van der Waals surface area contributed by atoms with Crippen molar-refractivity contribution in [3.8, 4) is 11.6 Å². The van der Waals surface area contributed by atoms with E-state index in [0.29, 0.717) is 15.7 Å². The van der Waals surface area contributed by atoms with Crippen molar-refractivity contribution in [3.05, 3.63) is 70.8 Å². The van der Waals surface area contributed by atoms with Crippen molar-refractivity contribution >= 4 is 44.0 Å². The maximum Gasteiger partial charge on any atom is 0.248 e. The average Bonchev–Trinajstić information content (AvgIpc) is 2.67. The topological polar surface area (TPSA) is 86.0 Å². The van der Waals surface area contributed by atoms with Crippen LogP contribution in [0.25, 0.3) is 10.9 Å². The van der Waals surface area contributed by atoms with Crippen molar-refractivity contribution in [2.24, 2.45) is 0 Å². The predicted molar refractivity (Wildman–Crippen MR) is 110 cm³/mol. The quantitative estimate of drug-likeness (QED) is 0.445. The molecule has 28 heavy (non-hydrogen) atoms. The summed E-state index contributed by atoms with van der Waals surface area (Å²) in [7, 11) is 0. The largest absolute Gasteiger partial charge is 0.435 e. The van der Waals surface area contributed by atoms with Crippen molar-refractivity contribution in [2.75, 3.05) is 11.1 Å². The normalized spacial score (nSPS) is 10.8. The van der Waals surface area contributed by atoms with E-state index in [2.05, 4.69) is 36.2 Å². The number of nitrogen functional groups attached to an aromatic ring is 1. The zero-order chi connectivity index (χ0) is 19.7. The lowest BCUT2D eigenvalue weighted by Gasteiger charge is -2.13. The van der Waals surface area contributed by atoms with Crippen LogP contribution in [0.1, 0.15) is 5.69 Å². The second kappa shape index (κ2) is 7.40. The Bertz CT molecular complexity index is 1180. The van der Waals surface area contributed by atoms with Gasteiger partial charge in [0.1, 0.15) is 23.3 Å². The summed E-state index contributed by atoms with van der Waals surface area (Å²) < 4.78 is 20.7. The Kier molecular flexibility index (Phi) is 4.79. The van der Waals surface area contributed by atoms with Crippen LogP contribution in [-0.2, 0) is 0 Å². The maximum atomic E-state index is 14.1. The van der Waals surface area contributed by atoms with Crippen LogP contribution in [0.3, 0.4) is 0 Å². The van der Waals surface area contributed by atoms with E-state index in [1.54, 1.807) is 18.2 Å². The van der Waals surface area contributed by atoms with Crippen LogP contribution in [0.5, 0.6) is 11.6 Å². The van der Waals surface area contributed by atoms with Crippen LogP contribution >= 0.6 is 15.9 Å². The summed E-state index contributed by atoms with van der Waals surface area (Å²) in [4.78, 5) is 12.7. The molecular weight excluding hydrogens is 425 g/mol. The summed E-state index contributed by atoms with van der Waals surface area (Å²) in [5.74, 6) is 0.484. The number of aryl methyl sites for hydroxylation is 1. The first-order chi connectivity index (χ1) is 13.5. The summed E-state index contributed by atoms with van der Waals surface area (Å²) in [6, 6.07) is 14.1. The molecule has 0 fully saturated rings. The highest BCUT2D eigenvalue weighted by molar-refractivity contribution is 9.10. The van der Waals surface area contributed by atoms with Crippen LogP contribution in [0, 0.1) is 12.7 Å². The molecule has 2 aromatic carbocycles. The molecule has 3 N–H and O–H groups in total. The van der Waals surface area contributed by atoms with Gasteiger partial charge >= 0.3 is 0 Å². The first kappa shape index (κ1) is 18.1. The molecule has 140 valence electrons. The molecule has 0 aliphatic carbocycles. The molecule has 4 aromatic rings. The smallest absolute Gasteiger partial charge is 0.248 e. The van der Waals surface area contributed by atoms with Gasteiger partial charge in [-0.1, -0.05) is 34.1 Å². The van der Waals surface area contributed by atoms with Gasteiger partial charge < -0.3 is 15.8 Å². The summed E-state index contributed by atoms with van der Waals surface area (Å²) in [5.41, 5.74) is 8.14. The van der Waals surface area contributed by atoms with E-state index >= 15 is 0 Å². The van der Waals surface area contributed by atoms with Gasteiger partial charge in [-0.3, -0.25) is 0 Å². The Morgan fingerprint density at radius 2 is 1.96 bits per heavy atom. The molecule has 0 aliphatic rings. The number of para-hydroxylation sites is 1. The number of nitrogens with zero attached hydrogens (tertiary/aromatic N) is 3. The van der Waals surface area contributed by atoms with Crippen molar-refractivity contribution in [2.45, 2.75) is 6.92 Å². The lowest BCUT2D eigenvalue weighted by atomic mass is 10.2. The Hall–Kier alpha value is -3.26. The van der Waals surface area contributed by atoms with Crippen LogP contribution in [-0.4, -0.2) is 15.0 Å². The third kappa shape index (κ3) is 3.59. The Morgan fingerprint density at radius 3 is 2.79 bits per heavy atom. The standard InChI is InChI=1S/C20H15BrFN5O/c1-11-5-6-12-3-2-4-16(18(12)26-11)28-20-17(23)19(24-10-25-20)27-15-8-7-13(21)9-14(15)22/h2-10H,23H2,1H3,(H,24,25,27). The number of hydrogen-bond donors (Lipinski definition) is 2. The Labute approximate surface area is 168 Å². The van der Waals surface area contributed by atoms with E-state index in [0.717, 1.165) is 11.1 Å². The van der Waals surface area contributed by atoms with Gasteiger partial charge in [-0.2, -0.15) is 4.98 Å². The van der Waals surface area contributed by atoms with Gasteiger partial charge in [0.2, 0.25) is 5.88 Å². The molecule has 0 bridgehead atoms. The molecule has 0 aliphatic heterocycles. The van der Waals surface area contributed by atoms with Crippen molar-refractivity contribution in [1.29, 1.82) is 0 Å². The van der Waals surface area contributed by atoms with Crippen molar-refractivity contribution < 1.29 is 9.13 Å². The Balaban J connectivity index is 1.69. The minimum Gasteiger partial charge on any atom is -0.435 e. The number of nitrogens with one attached hydrogen (secondary N) is 1. The van der Waals surface area contributed by atoms with Gasteiger partial charge in [-0.05, 0) is 37.3 Å². The molecule has 0 unspecified atom stereocenters. The van der Waals surface area contributed by atoms with Gasteiger partial charge in [0, 0.05) is 15.6 Å². The molecule has 0 saturated heterocycles. The van der Waals surface area contributed by atoms with Crippen LogP contribution in [0.4, 0.5) is 21.6 Å². The van der Waals surface area contributed by atoms with E-state index < -0.39 is 5.82 Å². The first-order valence-electron chi connectivity index (χ1n) is 8.38. The number of rotatable bonds is 4. The minimum atomic E-state index is -0.441. The zero-order valence-electron chi connectivity index (χ0n) is 14.8. The third-order valence-electron chi connectivity index (χ3n) is 4.06. The molecule has 6 nitrogen and oxygen atoms in total. The van der Waals surface area contributed by atoms with Gasteiger partial charge in [-0.25, -0.2) is 14.4 Å². The van der Waals surface area contributed by atoms with Crippen molar-refractivity contribution in [1.82, 2.24) is 15.0 Å². The van der Waals surface area contributed by atoms with Crippen LogP contribution in [0.2, 0.25) is 0 Å². The highest BCUT2D eigenvalue weighted by Crippen LogP contribution is 2.34. The van der Waals surface area contributed by atoms with E-state index in [1.165, 1.54) is 12.4 Å². The molecular formula is C20H15BrFN5O.